The molecule has 2 N–H and O–H groups in total. The molecule has 0 aromatic heterocycles. The highest BCUT2D eigenvalue weighted by Crippen LogP contribution is 2.32. The van der Waals surface area contributed by atoms with Gasteiger partial charge in [0.1, 0.15) is 13.2 Å². The van der Waals surface area contributed by atoms with Crippen LogP contribution in [0.5, 0.6) is 0 Å². The second kappa shape index (κ2) is 36.2. The summed E-state index contributed by atoms with van der Waals surface area (Å²) in [5, 5.41) is 11.3. The molecule has 0 saturated carbocycles. The lowest BCUT2D eigenvalue weighted by molar-refractivity contribution is -0.142. The lowest BCUT2D eigenvalue weighted by atomic mass is 10.1. The monoisotopic (exact) mass is 867 g/mol. The van der Waals surface area contributed by atoms with Gasteiger partial charge in [0.15, 0.2) is 0 Å². The fraction of sp³-hybridized carbons (Fsp3) is 0.650. The van der Waals surface area contributed by atoms with Gasteiger partial charge in [-0.25, -0.2) is 9.59 Å². The number of rotatable bonds is 41. The number of anilines is 2. The number of esters is 1. The molecule has 0 aliphatic rings. The number of halogens is 3. The van der Waals surface area contributed by atoms with Crippen molar-refractivity contribution in [2.45, 2.75) is 6.18 Å². The summed E-state index contributed by atoms with van der Waals surface area (Å²) in [6.45, 7) is 8.74. The van der Waals surface area contributed by atoms with Crippen molar-refractivity contribution in [2.24, 2.45) is 0 Å². The third-order valence-electron chi connectivity index (χ3n) is 7.39. The Morgan fingerprint density at radius 3 is 1.18 bits per heavy atom. The van der Waals surface area contributed by atoms with Crippen molar-refractivity contribution in [2.75, 3.05) is 170 Å². The van der Waals surface area contributed by atoms with Crippen molar-refractivity contribution >= 4 is 23.3 Å². The van der Waals surface area contributed by atoms with Crippen LogP contribution < -0.4 is 5.32 Å². The highest BCUT2D eigenvalue weighted by molar-refractivity contribution is 5.96. The largest absolute Gasteiger partial charge is 0.480 e. The summed E-state index contributed by atoms with van der Waals surface area (Å²) in [6.07, 6.45) is -4.48. The van der Waals surface area contributed by atoms with Crippen LogP contribution in [-0.4, -0.2) is 182 Å². The van der Waals surface area contributed by atoms with Crippen LogP contribution >= 0.6 is 0 Å². The summed E-state index contributed by atoms with van der Waals surface area (Å²) in [5.74, 6) is -1.64. The van der Waals surface area contributed by atoms with E-state index in [4.69, 9.17) is 66.7 Å². The average molecular weight is 868 g/mol. The number of aliphatic carboxylic acids is 1. The number of carbonyl (C=O) groups excluding carboxylic acids is 1. The molecule has 0 aliphatic heterocycles. The first-order valence-corrected chi connectivity index (χ1v) is 19.6. The molecule has 60 heavy (non-hydrogen) atoms. The first-order chi connectivity index (χ1) is 29.3. The molecule has 17 nitrogen and oxygen atoms in total. The van der Waals surface area contributed by atoms with Crippen molar-refractivity contribution in [1.82, 2.24) is 0 Å². The summed E-state index contributed by atoms with van der Waals surface area (Å²) in [4.78, 5) is 22.9. The maximum atomic E-state index is 13.1. The van der Waals surface area contributed by atoms with Gasteiger partial charge in [0.2, 0.25) is 0 Å². The van der Waals surface area contributed by atoms with Crippen molar-refractivity contribution in [3.8, 4) is 0 Å². The van der Waals surface area contributed by atoms with E-state index < -0.39 is 23.7 Å². The molecule has 0 atom stereocenters. The van der Waals surface area contributed by atoms with E-state index >= 15 is 0 Å². The summed E-state index contributed by atoms with van der Waals surface area (Å²) in [7, 11) is 0. The zero-order valence-corrected chi connectivity index (χ0v) is 34.0. The Morgan fingerprint density at radius 2 is 0.817 bits per heavy atom. The third kappa shape index (κ3) is 29.7. The number of hydrogen-bond donors (Lipinski definition) is 2. The minimum absolute atomic E-state index is 0.0105. The van der Waals surface area contributed by atoms with Gasteiger partial charge in [-0.3, -0.25) is 0 Å². The molecular formula is C40H60F3NO16. The minimum atomic E-state index is -4.48. The SMILES string of the molecule is O=C(O)COCCOCCOCCOCCOCCOCCOCCOCCOCCOCCOCCOCCOC(=O)c1ccccc1Nc1cccc(C(F)(F)F)c1. The van der Waals surface area contributed by atoms with Crippen LogP contribution in [0.3, 0.4) is 0 Å². The van der Waals surface area contributed by atoms with Crippen LogP contribution in [-0.2, 0) is 72.6 Å². The second-order valence-corrected chi connectivity index (χ2v) is 12.1. The maximum Gasteiger partial charge on any atom is 0.416 e. The Bertz CT molecular complexity index is 1360. The number of carboxylic acids is 1. The molecule has 0 radical (unpaired) electrons. The minimum Gasteiger partial charge on any atom is -0.480 e. The van der Waals surface area contributed by atoms with Crippen LogP contribution in [0.25, 0.3) is 0 Å². The Morgan fingerprint density at radius 1 is 0.467 bits per heavy atom. The van der Waals surface area contributed by atoms with E-state index in [2.05, 4.69) is 5.32 Å². The number of carboxylic acid groups (broad SMARTS) is 1. The lowest BCUT2D eigenvalue weighted by Gasteiger charge is -2.13. The Hall–Kier alpha value is -3.51. The highest BCUT2D eigenvalue weighted by atomic mass is 19.4. The van der Waals surface area contributed by atoms with E-state index in [1.165, 1.54) is 18.2 Å². The number of hydrogen-bond acceptors (Lipinski definition) is 16. The van der Waals surface area contributed by atoms with Gasteiger partial charge in [-0.1, -0.05) is 18.2 Å². The smallest absolute Gasteiger partial charge is 0.416 e. The average Bonchev–Trinajstić information content (AvgIpc) is 3.23. The molecule has 0 amide bonds. The van der Waals surface area contributed by atoms with Gasteiger partial charge in [0, 0.05) is 5.69 Å². The van der Waals surface area contributed by atoms with E-state index in [1.54, 1.807) is 18.2 Å². The number of nitrogens with one attached hydrogen (secondary N) is 1. The van der Waals surface area contributed by atoms with Gasteiger partial charge in [-0.05, 0) is 30.3 Å². The molecule has 342 valence electrons. The molecular weight excluding hydrogens is 807 g/mol. The van der Waals surface area contributed by atoms with Crippen LogP contribution in [0, 0.1) is 0 Å². The Balaban J connectivity index is 1.24. The summed E-state index contributed by atoms with van der Waals surface area (Å²) >= 11 is 0. The van der Waals surface area contributed by atoms with Crippen molar-refractivity contribution in [3.63, 3.8) is 0 Å². The molecule has 0 heterocycles. The van der Waals surface area contributed by atoms with Crippen molar-refractivity contribution in [1.29, 1.82) is 0 Å². The van der Waals surface area contributed by atoms with E-state index in [0.29, 0.717) is 144 Å². The number of alkyl halides is 3. The molecule has 20 heteroatoms. The van der Waals surface area contributed by atoms with Crippen LogP contribution in [0.2, 0.25) is 0 Å². The number of carbonyl (C=O) groups is 2. The van der Waals surface area contributed by atoms with Gasteiger partial charge >= 0.3 is 18.1 Å². The molecule has 0 saturated heterocycles. The predicted molar refractivity (Wildman–Crippen MR) is 209 cm³/mol. The molecule has 2 aromatic rings. The molecule has 2 aromatic carbocycles. The van der Waals surface area contributed by atoms with E-state index in [9.17, 15) is 22.8 Å². The fourth-order valence-electron chi connectivity index (χ4n) is 4.55. The quantitative estimate of drug-likeness (QED) is 0.0724. The normalized spacial score (nSPS) is 11.6. The van der Waals surface area contributed by atoms with Gasteiger partial charge < -0.3 is 72.0 Å². The lowest BCUT2D eigenvalue weighted by Crippen LogP contribution is -2.16. The maximum absolute atomic E-state index is 13.1. The van der Waals surface area contributed by atoms with E-state index in [-0.39, 0.29) is 37.7 Å². The molecule has 0 unspecified atom stereocenters. The number of para-hydroxylation sites is 1. The van der Waals surface area contributed by atoms with Gasteiger partial charge in [0.25, 0.3) is 0 Å². The summed E-state index contributed by atoms with van der Waals surface area (Å²) in [6, 6.07) is 11.1. The fourth-order valence-corrected chi connectivity index (χ4v) is 4.55. The van der Waals surface area contributed by atoms with Crippen LogP contribution in [0.4, 0.5) is 24.5 Å². The zero-order chi connectivity index (χ0) is 43.2. The topological polar surface area (TPSA) is 186 Å². The summed E-state index contributed by atoms with van der Waals surface area (Å²) < 4.78 is 109. The van der Waals surface area contributed by atoms with Gasteiger partial charge in [-0.15, -0.1) is 0 Å². The van der Waals surface area contributed by atoms with Crippen LogP contribution in [0.15, 0.2) is 48.5 Å². The van der Waals surface area contributed by atoms with E-state index in [0.717, 1.165) is 12.1 Å². The highest BCUT2D eigenvalue weighted by Gasteiger charge is 2.30. The molecule has 2 rings (SSSR count). The Labute approximate surface area is 348 Å². The third-order valence-corrected chi connectivity index (χ3v) is 7.39. The molecule has 0 fully saturated rings. The Kier molecular flexibility index (Phi) is 31.7. The second-order valence-electron chi connectivity index (χ2n) is 12.1. The standard InChI is InChI=1S/C40H60F3NO16/c41-40(42,43)34-4-3-5-35(32-34)44-37-7-2-1-6-36(37)39(47)60-31-30-58-27-26-56-23-22-54-19-18-52-15-14-50-11-10-48-8-9-49-12-13-51-16-17-53-20-21-55-24-25-57-28-29-59-33-38(45)46/h1-7,32,44H,8-31,33H2,(H,45,46). The molecule has 0 aliphatic carbocycles. The molecule has 0 spiro atoms. The summed E-state index contributed by atoms with van der Waals surface area (Å²) in [5.41, 5.74) is -0.116. The zero-order valence-electron chi connectivity index (χ0n) is 34.0. The predicted octanol–water partition coefficient (Wildman–Crippen LogP) is 3.89. The van der Waals surface area contributed by atoms with Crippen molar-refractivity contribution in [3.05, 3.63) is 59.7 Å². The van der Waals surface area contributed by atoms with Gasteiger partial charge in [-0.2, -0.15) is 13.2 Å². The first-order valence-electron chi connectivity index (χ1n) is 19.6. The number of ether oxygens (including phenoxy) is 13. The first kappa shape index (κ1) is 52.6. The van der Waals surface area contributed by atoms with Crippen LogP contribution in [0.1, 0.15) is 15.9 Å². The molecule has 0 bridgehead atoms. The van der Waals surface area contributed by atoms with E-state index in [1.807, 2.05) is 0 Å². The van der Waals surface area contributed by atoms with Gasteiger partial charge in [0.05, 0.1) is 169 Å². The van der Waals surface area contributed by atoms with Crippen molar-refractivity contribution < 1.29 is 89.4 Å². The number of benzene rings is 2.